The molecule has 0 radical (unpaired) electrons. The average Bonchev–Trinajstić information content (AvgIpc) is 3.37. The van der Waals surface area contributed by atoms with Gasteiger partial charge in [0.15, 0.2) is 0 Å². The lowest BCUT2D eigenvalue weighted by molar-refractivity contribution is -0.143. The lowest BCUT2D eigenvalue weighted by Gasteiger charge is -2.22. The van der Waals surface area contributed by atoms with Crippen LogP contribution in [0.3, 0.4) is 0 Å². The fourth-order valence-corrected chi connectivity index (χ4v) is 10.1. The zero-order valence-corrected chi connectivity index (χ0v) is 48.0. The van der Waals surface area contributed by atoms with Gasteiger partial charge in [0.25, 0.3) is 0 Å². The van der Waals surface area contributed by atoms with Crippen LogP contribution in [0.2, 0.25) is 0 Å². The van der Waals surface area contributed by atoms with Gasteiger partial charge in [-0.05, 0) is 57.8 Å². The van der Waals surface area contributed by atoms with Crippen LogP contribution in [-0.4, -0.2) is 47.4 Å². The van der Waals surface area contributed by atoms with Crippen molar-refractivity contribution in [2.24, 2.45) is 0 Å². The number of allylic oxidation sites excluding steroid dienone is 4. The molecule has 420 valence electrons. The number of aliphatic hydroxyl groups is 2. The van der Waals surface area contributed by atoms with Gasteiger partial charge in [0.05, 0.1) is 25.4 Å². The van der Waals surface area contributed by atoms with Crippen LogP contribution in [0.25, 0.3) is 0 Å². The number of unbranched alkanes of at least 4 members (excludes halogenated alkanes) is 45. The highest BCUT2D eigenvalue weighted by atomic mass is 16.5. The standard InChI is InChI=1S/C65H125NO5/c1-3-5-7-9-11-13-15-16-17-31-34-38-41-45-49-53-57-63(68)62(61-67)66-64(69)58-54-50-46-42-39-35-32-29-27-25-23-21-19-18-20-22-24-26-28-30-33-36-40-44-48-52-56-60-71-65(70)59-55-51-47-43-37-14-12-10-8-6-4-2/h18-19,22,24,62-63,67-68H,3-17,20-21,23,25-61H2,1-2H3,(H,66,69)/b19-18-,24-22-. The Hall–Kier alpha value is -1.66. The summed E-state index contributed by atoms with van der Waals surface area (Å²) in [7, 11) is 0. The third-order valence-electron chi connectivity index (χ3n) is 15.0. The summed E-state index contributed by atoms with van der Waals surface area (Å²) in [5.41, 5.74) is 0. The molecule has 6 nitrogen and oxygen atoms in total. The van der Waals surface area contributed by atoms with E-state index in [1.807, 2.05) is 0 Å². The van der Waals surface area contributed by atoms with Gasteiger partial charge in [-0.2, -0.15) is 0 Å². The Morgan fingerprint density at radius 1 is 0.394 bits per heavy atom. The summed E-state index contributed by atoms with van der Waals surface area (Å²) in [6.45, 7) is 4.97. The smallest absolute Gasteiger partial charge is 0.305 e. The van der Waals surface area contributed by atoms with Crippen LogP contribution in [0.5, 0.6) is 0 Å². The molecule has 3 N–H and O–H groups in total. The van der Waals surface area contributed by atoms with Crippen molar-refractivity contribution in [3.05, 3.63) is 24.3 Å². The number of esters is 1. The van der Waals surface area contributed by atoms with Crippen molar-refractivity contribution in [1.82, 2.24) is 5.32 Å². The van der Waals surface area contributed by atoms with Crippen molar-refractivity contribution in [3.8, 4) is 0 Å². The average molecular weight is 1000 g/mol. The van der Waals surface area contributed by atoms with Gasteiger partial charge in [-0.3, -0.25) is 9.59 Å². The van der Waals surface area contributed by atoms with E-state index in [2.05, 4.69) is 43.5 Å². The lowest BCUT2D eigenvalue weighted by atomic mass is 10.0. The zero-order valence-electron chi connectivity index (χ0n) is 48.0. The summed E-state index contributed by atoms with van der Waals surface area (Å²) in [5, 5.41) is 23.3. The van der Waals surface area contributed by atoms with Crippen molar-refractivity contribution in [2.75, 3.05) is 13.2 Å². The Balaban J connectivity index is 3.42. The summed E-state index contributed by atoms with van der Waals surface area (Å²) in [5.74, 6) is -0.0249. The third-order valence-corrected chi connectivity index (χ3v) is 15.0. The van der Waals surface area contributed by atoms with Crippen LogP contribution in [0.15, 0.2) is 24.3 Å². The monoisotopic (exact) mass is 1000 g/mol. The van der Waals surface area contributed by atoms with Crippen LogP contribution >= 0.6 is 0 Å². The lowest BCUT2D eigenvalue weighted by Crippen LogP contribution is -2.45. The summed E-state index contributed by atoms with van der Waals surface area (Å²) in [6, 6.07) is -0.543. The van der Waals surface area contributed by atoms with Crippen LogP contribution in [0.4, 0.5) is 0 Å². The highest BCUT2D eigenvalue weighted by Gasteiger charge is 2.20. The summed E-state index contributed by atoms with van der Waals surface area (Å²) >= 11 is 0. The highest BCUT2D eigenvalue weighted by Crippen LogP contribution is 2.18. The molecule has 0 aromatic carbocycles. The Bertz CT molecular complexity index is 1110. The molecular formula is C65H125NO5. The molecule has 0 aromatic heterocycles. The van der Waals surface area contributed by atoms with E-state index in [1.54, 1.807) is 0 Å². The summed E-state index contributed by atoms with van der Waals surface area (Å²) in [4.78, 5) is 24.5. The first-order chi connectivity index (χ1) is 35.0. The fraction of sp³-hybridized carbons (Fsp3) is 0.908. The highest BCUT2D eigenvalue weighted by molar-refractivity contribution is 5.76. The first kappa shape index (κ1) is 69.3. The predicted molar refractivity (Wildman–Crippen MR) is 310 cm³/mol. The molecule has 0 fully saturated rings. The van der Waals surface area contributed by atoms with E-state index in [0.29, 0.717) is 25.9 Å². The molecule has 6 heteroatoms. The molecule has 2 atom stereocenters. The zero-order chi connectivity index (χ0) is 51.4. The van der Waals surface area contributed by atoms with Crippen molar-refractivity contribution in [3.63, 3.8) is 0 Å². The number of aliphatic hydroxyl groups excluding tert-OH is 2. The number of hydrogen-bond donors (Lipinski definition) is 3. The minimum absolute atomic E-state index is 0.0107. The molecular weight excluding hydrogens is 875 g/mol. The van der Waals surface area contributed by atoms with Crippen molar-refractivity contribution in [2.45, 2.75) is 366 Å². The molecule has 0 spiro atoms. The normalized spacial score (nSPS) is 12.7. The van der Waals surface area contributed by atoms with Gasteiger partial charge in [-0.1, -0.05) is 308 Å². The van der Waals surface area contributed by atoms with E-state index in [4.69, 9.17) is 4.74 Å². The minimum atomic E-state index is -0.666. The van der Waals surface area contributed by atoms with E-state index in [-0.39, 0.29) is 18.5 Å². The number of amides is 1. The topological polar surface area (TPSA) is 95.9 Å². The van der Waals surface area contributed by atoms with Crippen LogP contribution < -0.4 is 5.32 Å². The Labute approximate surface area is 443 Å². The third kappa shape index (κ3) is 57.5. The number of hydrogen-bond acceptors (Lipinski definition) is 5. The second kappa shape index (κ2) is 60.9. The molecule has 0 aliphatic rings. The molecule has 71 heavy (non-hydrogen) atoms. The molecule has 2 unspecified atom stereocenters. The predicted octanol–water partition coefficient (Wildman–Crippen LogP) is 20.2. The SMILES string of the molecule is CCCCCCCCCCCCCCCCCCC(O)C(CO)NC(=O)CCCCCCCCCCCCC/C=C\C/C=C\CCCCCCCCCCCOC(=O)CCCCCCCCCCCCC. The summed E-state index contributed by atoms with van der Waals surface area (Å²) < 4.78 is 5.46. The summed E-state index contributed by atoms with van der Waals surface area (Å²) in [6.07, 6.45) is 74.8. The Morgan fingerprint density at radius 3 is 1.07 bits per heavy atom. The van der Waals surface area contributed by atoms with E-state index < -0.39 is 12.1 Å². The first-order valence-corrected chi connectivity index (χ1v) is 32.1. The number of ether oxygens (including phenoxy) is 1. The number of rotatable bonds is 60. The van der Waals surface area contributed by atoms with Gasteiger partial charge < -0.3 is 20.3 Å². The van der Waals surface area contributed by atoms with Crippen LogP contribution in [-0.2, 0) is 14.3 Å². The molecule has 0 heterocycles. The number of carbonyl (C=O) groups is 2. The fourth-order valence-electron chi connectivity index (χ4n) is 10.1. The van der Waals surface area contributed by atoms with Gasteiger partial charge in [0.2, 0.25) is 5.91 Å². The van der Waals surface area contributed by atoms with Crippen molar-refractivity contribution in [1.29, 1.82) is 0 Å². The van der Waals surface area contributed by atoms with Crippen LogP contribution in [0.1, 0.15) is 354 Å². The van der Waals surface area contributed by atoms with Gasteiger partial charge in [0.1, 0.15) is 0 Å². The van der Waals surface area contributed by atoms with Crippen molar-refractivity contribution < 1.29 is 24.5 Å². The molecule has 0 aliphatic carbocycles. The Morgan fingerprint density at radius 2 is 0.704 bits per heavy atom. The van der Waals surface area contributed by atoms with Gasteiger partial charge >= 0.3 is 5.97 Å². The maximum atomic E-state index is 12.5. The van der Waals surface area contributed by atoms with Gasteiger partial charge in [-0.25, -0.2) is 0 Å². The maximum Gasteiger partial charge on any atom is 0.305 e. The van der Waals surface area contributed by atoms with E-state index in [0.717, 1.165) is 44.9 Å². The van der Waals surface area contributed by atoms with Crippen LogP contribution in [0, 0.1) is 0 Å². The first-order valence-electron chi connectivity index (χ1n) is 32.1. The van der Waals surface area contributed by atoms with E-state index >= 15 is 0 Å². The molecule has 0 saturated carbocycles. The second-order valence-electron chi connectivity index (χ2n) is 22.1. The van der Waals surface area contributed by atoms with Gasteiger partial charge in [0, 0.05) is 12.8 Å². The second-order valence-corrected chi connectivity index (χ2v) is 22.1. The number of nitrogens with one attached hydrogen (secondary N) is 1. The molecule has 0 rings (SSSR count). The van der Waals surface area contributed by atoms with Gasteiger partial charge in [-0.15, -0.1) is 0 Å². The minimum Gasteiger partial charge on any atom is -0.466 e. The molecule has 1 amide bonds. The largest absolute Gasteiger partial charge is 0.466 e. The van der Waals surface area contributed by atoms with Crippen molar-refractivity contribution >= 4 is 11.9 Å². The molecule has 0 aliphatic heterocycles. The molecule has 0 saturated heterocycles. The number of carbonyl (C=O) groups excluding carboxylic acids is 2. The maximum absolute atomic E-state index is 12.5. The quantitative estimate of drug-likeness (QED) is 0.0320. The molecule has 0 aromatic rings. The molecule has 0 bridgehead atoms. The Kier molecular flexibility index (Phi) is 59.5. The van der Waals surface area contributed by atoms with E-state index in [1.165, 1.54) is 276 Å². The van der Waals surface area contributed by atoms with E-state index in [9.17, 15) is 19.8 Å².